The van der Waals surface area contributed by atoms with Crippen molar-refractivity contribution in [2.75, 3.05) is 28.8 Å². The molecular formula is C35H28Cl2FN5O9. The molecule has 0 bridgehead atoms. The van der Waals surface area contributed by atoms with Gasteiger partial charge in [0.25, 0.3) is 0 Å². The van der Waals surface area contributed by atoms with Gasteiger partial charge >= 0.3 is 11.4 Å². The summed E-state index contributed by atoms with van der Waals surface area (Å²) in [6.07, 6.45) is 1.60. The molecule has 2 heterocycles. The Kier molecular flexibility index (Phi) is 8.14. The van der Waals surface area contributed by atoms with E-state index in [4.69, 9.17) is 23.2 Å². The minimum Gasteiger partial charge on any atom is -0.508 e. The molecular weight excluding hydrogens is 724 g/mol. The molecule has 0 aromatic heterocycles. The summed E-state index contributed by atoms with van der Waals surface area (Å²) >= 11 is 12.4. The van der Waals surface area contributed by atoms with Crippen LogP contribution in [0.4, 0.5) is 32.8 Å². The number of carbonyl (C=O) groups excluding carboxylic acids is 4. The molecule has 0 radical (unpaired) electrons. The minimum absolute atomic E-state index is 0.0172. The average molecular weight is 753 g/mol. The van der Waals surface area contributed by atoms with Crippen LogP contribution < -0.4 is 14.7 Å². The Bertz CT molecular complexity index is 2180. The summed E-state index contributed by atoms with van der Waals surface area (Å²) in [6.45, 7) is 1.58. The fraction of sp³-hybridized carbons (Fsp3) is 0.314. The third-order valence-corrected chi connectivity index (χ3v) is 11.4. The van der Waals surface area contributed by atoms with E-state index in [1.165, 1.54) is 43.3 Å². The lowest BCUT2D eigenvalue weighted by Gasteiger charge is -2.49. The van der Waals surface area contributed by atoms with Crippen molar-refractivity contribution < 1.29 is 38.5 Å². The van der Waals surface area contributed by atoms with Crippen LogP contribution in [0.5, 0.6) is 5.75 Å². The van der Waals surface area contributed by atoms with Crippen LogP contribution in [0.1, 0.15) is 31.2 Å². The van der Waals surface area contributed by atoms with E-state index < -0.39 is 85.7 Å². The number of halogens is 3. The second-order valence-corrected chi connectivity index (χ2v) is 14.6. The number of amides is 4. The Labute approximate surface area is 304 Å². The summed E-state index contributed by atoms with van der Waals surface area (Å²) in [6, 6.07) is 9.55. The van der Waals surface area contributed by atoms with E-state index in [2.05, 4.69) is 0 Å². The highest BCUT2D eigenvalue weighted by Crippen LogP contribution is 2.64. The average Bonchev–Trinajstić information content (AvgIpc) is 3.45. The number of nitrogens with zero attached hydrogens (tertiary/aromatic N) is 5. The van der Waals surface area contributed by atoms with Gasteiger partial charge in [0.05, 0.1) is 49.4 Å². The molecule has 2 saturated heterocycles. The predicted octanol–water partition coefficient (Wildman–Crippen LogP) is 6.16. The Morgan fingerprint density at radius 1 is 0.885 bits per heavy atom. The summed E-state index contributed by atoms with van der Waals surface area (Å²) < 4.78 is 14.1. The molecule has 4 aliphatic rings. The lowest BCUT2D eigenvalue weighted by Crippen LogP contribution is -2.48. The van der Waals surface area contributed by atoms with Gasteiger partial charge in [0, 0.05) is 42.7 Å². The Morgan fingerprint density at radius 2 is 1.54 bits per heavy atom. The van der Waals surface area contributed by atoms with Crippen molar-refractivity contribution in [1.29, 1.82) is 0 Å². The van der Waals surface area contributed by atoms with Crippen LogP contribution in [0.3, 0.4) is 0 Å². The fourth-order valence-corrected chi connectivity index (χ4v) is 9.05. The molecule has 268 valence electrons. The van der Waals surface area contributed by atoms with Crippen molar-refractivity contribution in [3.63, 3.8) is 0 Å². The van der Waals surface area contributed by atoms with Crippen LogP contribution in [0.2, 0.25) is 10.0 Å². The van der Waals surface area contributed by atoms with E-state index in [9.17, 15) is 48.9 Å². The highest BCUT2D eigenvalue weighted by atomic mass is 35.5. The number of benzene rings is 3. The number of nitro benzene ring substituents is 2. The van der Waals surface area contributed by atoms with Gasteiger partial charge in [-0.2, -0.15) is 0 Å². The van der Waals surface area contributed by atoms with Crippen molar-refractivity contribution in [3.8, 4) is 5.75 Å². The van der Waals surface area contributed by atoms with Crippen LogP contribution in [-0.4, -0.2) is 52.7 Å². The number of aromatic hydroxyl groups is 1. The van der Waals surface area contributed by atoms with Gasteiger partial charge < -0.3 is 10.0 Å². The molecule has 6 atom stereocenters. The summed E-state index contributed by atoms with van der Waals surface area (Å²) in [5.74, 6) is -9.01. The quantitative estimate of drug-likeness (QED) is 0.132. The second kappa shape index (κ2) is 12.1. The predicted molar refractivity (Wildman–Crippen MR) is 186 cm³/mol. The van der Waals surface area contributed by atoms with E-state index in [0.717, 1.165) is 34.1 Å². The van der Waals surface area contributed by atoms with Gasteiger partial charge in [-0.1, -0.05) is 34.9 Å². The van der Waals surface area contributed by atoms with E-state index in [1.807, 2.05) is 0 Å². The maximum atomic E-state index is 14.5. The van der Waals surface area contributed by atoms with E-state index >= 15 is 0 Å². The Hall–Kier alpha value is -5.41. The first-order valence-corrected chi connectivity index (χ1v) is 16.8. The third kappa shape index (κ3) is 4.89. The number of imide groups is 2. The molecule has 1 saturated carbocycles. The summed E-state index contributed by atoms with van der Waals surface area (Å²) in [7, 11) is 2.77. The number of allylic oxidation sites excluding steroid dienone is 2. The number of rotatable bonds is 6. The molecule has 52 heavy (non-hydrogen) atoms. The minimum atomic E-state index is -1.57. The van der Waals surface area contributed by atoms with Crippen molar-refractivity contribution in [3.05, 3.63) is 102 Å². The van der Waals surface area contributed by atoms with Crippen LogP contribution in [0.25, 0.3) is 0 Å². The van der Waals surface area contributed by atoms with Crippen molar-refractivity contribution in [1.82, 2.24) is 0 Å². The van der Waals surface area contributed by atoms with Gasteiger partial charge in [-0.25, -0.2) is 14.2 Å². The van der Waals surface area contributed by atoms with Gasteiger partial charge in [-0.05, 0) is 62.1 Å². The van der Waals surface area contributed by atoms with Gasteiger partial charge in [0.1, 0.15) is 11.6 Å². The molecule has 14 nitrogen and oxygen atoms in total. The summed E-state index contributed by atoms with van der Waals surface area (Å²) in [5.41, 5.74) is -2.91. The first-order valence-electron chi connectivity index (χ1n) is 16.0. The van der Waals surface area contributed by atoms with Crippen LogP contribution >= 0.6 is 23.2 Å². The first kappa shape index (κ1) is 35.0. The highest BCUT2D eigenvalue weighted by Gasteiger charge is 2.68. The maximum absolute atomic E-state index is 14.5. The fourth-order valence-electron chi connectivity index (χ4n) is 8.70. The van der Waals surface area contributed by atoms with Crippen molar-refractivity contribution >= 4 is 75.3 Å². The Balaban J connectivity index is 1.37. The Morgan fingerprint density at radius 3 is 2.13 bits per heavy atom. The van der Waals surface area contributed by atoms with Gasteiger partial charge in [-0.15, -0.1) is 0 Å². The topological polar surface area (TPSA) is 185 Å². The first-order chi connectivity index (χ1) is 24.5. The molecule has 3 aromatic rings. The zero-order valence-electron chi connectivity index (χ0n) is 27.6. The molecule has 2 aliphatic carbocycles. The molecule has 0 spiro atoms. The van der Waals surface area contributed by atoms with Crippen molar-refractivity contribution in [2.45, 2.75) is 25.7 Å². The zero-order valence-corrected chi connectivity index (χ0v) is 29.1. The zero-order chi connectivity index (χ0) is 37.7. The maximum Gasteiger partial charge on any atom is 0.301 e. The number of fused-ring (bicyclic) bond motifs is 4. The van der Waals surface area contributed by atoms with E-state index in [-0.39, 0.29) is 51.3 Å². The number of carbonyl (C=O) groups is 4. The lowest BCUT2D eigenvalue weighted by molar-refractivity contribution is -0.392. The van der Waals surface area contributed by atoms with E-state index in [0.29, 0.717) is 5.57 Å². The monoisotopic (exact) mass is 751 g/mol. The van der Waals surface area contributed by atoms with Gasteiger partial charge in [-0.3, -0.25) is 39.4 Å². The SMILES string of the molecule is CN(C)c1c([N+](=O)[O-])cc(N2C(=O)[C@H]3[C@H](CC=C4[C@H]3C[C@H]3C(=O)N(c5ccc(F)c(Cl)c5)C(=O)[C@@]3(C)[C@H]4c3cc(Cl)ccc3O)C2=O)cc1[N+](=O)[O-]. The normalized spacial score (nSPS) is 26.6. The standard InChI is InChI=1S/C35H28Cl2FN5O9/c1-35-22(32(46)41(34(35)48)16-5-8-24(38)23(37)11-16)14-20-18(29(35)21-10-15(36)4-9-27(21)44)6-7-19-28(20)33(47)40(31(19)45)17-12-25(42(49)50)30(39(2)3)26(13-17)43(51)52/h4-6,8-13,19-20,22,28-29,44H,7,14H2,1-3H3/t19-,20+,22-,28-,29+,35+/m0/s1. The molecule has 1 N–H and O–H groups in total. The number of hydrogen-bond donors (Lipinski definition) is 1. The molecule has 0 unspecified atom stereocenters. The number of anilines is 3. The second-order valence-electron chi connectivity index (χ2n) is 13.7. The van der Waals surface area contributed by atoms with Crippen LogP contribution in [0.15, 0.2) is 60.2 Å². The molecule has 2 aliphatic heterocycles. The molecule has 3 fully saturated rings. The number of phenolic OH excluding ortho intramolecular Hbond substituents is 1. The summed E-state index contributed by atoms with van der Waals surface area (Å²) in [5, 5.41) is 35.3. The van der Waals surface area contributed by atoms with Gasteiger partial charge in [0.2, 0.25) is 23.6 Å². The number of phenols is 1. The van der Waals surface area contributed by atoms with Crippen molar-refractivity contribution in [2.24, 2.45) is 29.1 Å². The molecule has 7 rings (SSSR count). The molecule has 4 amide bonds. The lowest BCUT2D eigenvalue weighted by atomic mass is 9.51. The highest BCUT2D eigenvalue weighted by molar-refractivity contribution is 6.32. The molecule has 17 heteroatoms. The largest absolute Gasteiger partial charge is 0.508 e. The van der Waals surface area contributed by atoms with Gasteiger partial charge in [0.15, 0.2) is 5.69 Å². The van der Waals surface area contributed by atoms with E-state index in [1.54, 1.807) is 13.0 Å². The smallest absolute Gasteiger partial charge is 0.301 e. The number of hydrogen-bond acceptors (Lipinski definition) is 10. The number of nitro groups is 2. The van der Waals surface area contributed by atoms with Crippen LogP contribution in [0, 0.1) is 55.1 Å². The summed E-state index contributed by atoms with van der Waals surface area (Å²) in [4.78, 5) is 82.7. The van der Waals surface area contributed by atoms with Crippen LogP contribution in [-0.2, 0) is 19.2 Å². The molecule has 3 aromatic carbocycles. The third-order valence-electron chi connectivity index (χ3n) is 10.9.